The average Bonchev–Trinajstić information content (AvgIpc) is 2.42. The van der Waals surface area contributed by atoms with Crippen LogP contribution in [0.1, 0.15) is 5.56 Å². The van der Waals surface area contributed by atoms with Gasteiger partial charge in [-0.25, -0.2) is 4.79 Å². The lowest BCUT2D eigenvalue weighted by atomic mass is 10.2. The predicted octanol–water partition coefficient (Wildman–Crippen LogP) is 4.69. The third-order valence-electron chi connectivity index (χ3n) is 2.38. The van der Waals surface area contributed by atoms with Gasteiger partial charge in [-0.3, -0.25) is 5.32 Å². The molecule has 0 fully saturated rings. The van der Waals surface area contributed by atoms with Gasteiger partial charge in [-0.15, -0.1) is 0 Å². The number of carbonyl (C=O) groups excluding carboxylic acids is 1. The van der Waals surface area contributed by atoms with Crippen LogP contribution < -0.4 is 5.32 Å². The highest BCUT2D eigenvalue weighted by molar-refractivity contribution is 14.1. The first-order valence-electron chi connectivity index (χ1n) is 5.58. The number of carbonyl (C=O) groups is 1. The molecule has 0 aromatic heterocycles. The van der Waals surface area contributed by atoms with Crippen molar-refractivity contribution in [2.45, 2.75) is 6.61 Å². The summed E-state index contributed by atoms with van der Waals surface area (Å²) in [5.74, 6) is 0. The zero-order valence-electron chi connectivity index (χ0n) is 9.90. The van der Waals surface area contributed by atoms with Crippen molar-refractivity contribution in [3.05, 3.63) is 62.7 Å². The van der Waals surface area contributed by atoms with Crippen LogP contribution in [-0.4, -0.2) is 6.09 Å². The smallest absolute Gasteiger partial charge is 0.411 e. The monoisotopic (exact) mass is 387 g/mol. The molecule has 19 heavy (non-hydrogen) atoms. The van der Waals surface area contributed by atoms with Crippen LogP contribution in [0.3, 0.4) is 0 Å². The molecule has 5 heteroatoms. The first kappa shape index (κ1) is 14.1. The van der Waals surface area contributed by atoms with E-state index in [-0.39, 0.29) is 6.61 Å². The molecule has 0 aliphatic rings. The van der Waals surface area contributed by atoms with Crippen LogP contribution in [0.4, 0.5) is 10.5 Å². The number of nitrogens with one attached hydrogen (secondary N) is 1. The van der Waals surface area contributed by atoms with E-state index in [9.17, 15) is 4.79 Å². The first-order chi connectivity index (χ1) is 9.15. The van der Waals surface area contributed by atoms with Crippen LogP contribution in [0.15, 0.2) is 48.5 Å². The van der Waals surface area contributed by atoms with E-state index in [1.807, 2.05) is 36.4 Å². The summed E-state index contributed by atoms with van der Waals surface area (Å²) in [7, 11) is 0. The predicted molar refractivity (Wildman–Crippen MR) is 84.4 cm³/mol. The zero-order chi connectivity index (χ0) is 13.7. The summed E-state index contributed by atoms with van der Waals surface area (Å²) >= 11 is 8.09. The Morgan fingerprint density at radius 3 is 2.63 bits per heavy atom. The Morgan fingerprint density at radius 1 is 1.21 bits per heavy atom. The lowest BCUT2D eigenvalue weighted by molar-refractivity contribution is 0.155. The Bertz CT molecular complexity index is 575. The van der Waals surface area contributed by atoms with E-state index >= 15 is 0 Å². The third kappa shape index (κ3) is 4.40. The fourth-order valence-corrected chi connectivity index (χ4v) is 1.97. The Balaban J connectivity index is 1.89. The maximum absolute atomic E-state index is 11.6. The minimum absolute atomic E-state index is 0.241. The van der Waals surface area contributed by atoms with Crippen molar-refractivity contribution in [1.29, 1.82) is 0 Å². The molecule has 2 rings (SSSR count). The summed E-state index contributed by atoms with van der Waals surface area (Å²) in [4.78, 5) is 11.6. The van der Waals surface area contributed by atoms with E-state index in [0.717, 1.165) is 9.13 Å². The molecule has 0 aliphatic carbocycles. The van der Waals surface area contributed by atoms with Gasteiger partial charge in [-0.2, -0.15) is 0 Å². The number of halogens is 2. The molecular formula is C14H11ClINO2. The summed E-state index contributed by atoms with van der Waals surface area (Å²) < 4.78 is 6.04. The van der Waals surface area contributed by atoms with Gasteiger partial charge in [0.15, 0.2) is 0 Å². The zero-order valence-corrected chi connectivity index (χ0v) is 12.8. The van der Waals surface area contributed by atoms with Crippen LogP contribution in [0.25, 0.3) is 0 Å². The lowest BCUT2D eigenvalue weighted by Gasteiger charge is -2.07. The fraction of sp³-hybridized carbons (Fsp3) is 0.0714. The van der Waals surface area contributed by atoms with E-state index in [1.54, 1.807) is 12.1 Å². The highest BCUT2D eigenvalue weighted by Crippen LogP contribution is 2.22. The van der Waals surface area contributed by atoms with Crippen molar-refractivity contribution < 1.29 is 9.53 Å². The molecule has 0 heterocycles. The SMILES string of the molecule is O=C(Nc1ccc(I)c(Cl)c1)OCc1ccccc1. The average molecular weight is 388 g/mol. The van der Waals surface area contributed by atoms with Crippen LogP contribution in [0.5, 0.6) is 0 Å². The molecule has 3 nitrogen and oxygen atoms in total. The van der Waals surface area contributed by atoms with E-state index in [0.29, 0.717) is 10.7 Å². The molecule has 0 spiro atoms. The molecule has 0 unspecified atom stereocenters. The van der Waals surface area contributed by atoms with Crippen molar-refractivity contribution in [3.8, 4) is 0 Å². The van der Waals surface area contributed by atoms with Crippen molar-refractivity contribution in [2.75, 3.05) is 5.32 Å². The Morgan fingerprint density at radius 2 is 1.95 bits per heavy atom. The van der Waals surface area contributed by atoms with Crippen LogP contribution in [0.2, 0.25) is 5.02 Å². The number of hydrogen-bond acceptors (Lipinski definition) is 2. The molecule has 2 aromatic carbocycles. The molecule has 1 N–H and O–H groups in total. The molecule has 0 bridgehead atoms. The summed E-state index contributed by atoms with van der Waals surface area (Å²) in [6, 6.07) is 14.8. The van der Waals surface area contributed by atoms with Crippen molar-refractivity contribution in [3.63, 3.8) is 0 Å². The van der Waals surface area contributed by atoms with E-state index in [1.165, 1.54) is 0 Å². The van der Waals surface area contributed by atoms with Crippen molar-refractivity contribution in [2.24, 2.45) is 0 Å². The number of ether oxygens (including phenoxy) is 1. The second-order valence-electron chi connectivity index (χ2n) is 3.82. The highest BCUT2D eigenvalue weighted by atomic mass is 127. The van der Waals surface area contributed by atoms with Gasteiger partial charge in [-0.05, 0) is 46.4 Å². The standard InChI is InChI=1S/C14H11ClINO2/c15-12-8-11(6-7-13(12)16)17-14(18)19-9-10-4-2-1-3-5-10/h1-8H,9H2,(H,17,18). The second-order valence-corrected chi connectivity index (χ2v) is 5.39. The Kier molecular flexibility index (Phi) is 5.04. The van der Waals surface area contributed by atoms with Gasteiger partial charge in [0.2, 0.25) is 0 Å². The molecule has 98 valence electrons. The third-order valence-corrected chi connectivity index (χ3v) is 3.95. The maximum Gasteiger partial charge on any atom is 0.411 e. The summed E-state index contributed by atoms with van der Waals surface area (Å²) in [5, 5.41) is 3.23. The van der Waals surface area contributed by atoms with E-state index in [4.69, 9.17) is 16.3 Å². The van der Waals surface area contributed by atoms with Crippen LogP contribution in [-0.2, 0) is 11.3 Å². The minimum atomic E-state index is -0.499. The van der Waals surface area contributed by atoms with Gasteiger partial charge >= 0.3 is 6.09 Å². The van der Waals surface area contributed by atoms with Crippen molar-refractivity contribution >= 4 is 46.0 Å². The van der Waals surface area contributed by atoms with Gasteiger partial charge in [0.05, 0.1) is 5.02 Å². The van der Waals surface area contributed by atoms with Gasteiger partial charge in [0.25, 0.3) is 0 Å². The number of anilines is 1. The first-order valence-corrected chi connectivity index (χ1v) is 7.03. The minimum Gasteiger partial charge on any atom is -0.444 e. The molecule has 1 amide bonds. The fourth-order valence-electron chi connectivity index (χ4n) is 1.45. The number of hydrogen-bond donors (Lipinski definition) is 1. The van der Waals surface area contributed by atoms with Crippen LogP contribution >= 0.6 is 34.2 Å². The Hall–Kier alpha value is -1.27. The lowest BCUT2D eigenvalue weighted by Crippen LogP contribution is -2.13. The quantitative estimate of drug-likeness (QED) is 0.776. The summed E-state index contributed by atoms with van der Waals surface area (Å²) in [5.41, 5.74) is 1.56. The van der Waals surface area contributed by atoms with Crippen molar-refractivity contribution in [1.82, 2.24) is 0 Å². The molecular weight excluding hydrogens is 377 g/mol. The Labute approximate surface area is 130 Å². The van der Waals surface area contributed by atoms with Gasteiger partial charge in [0, 0.05) is 9.26 Å². The number of rotatable bonds is 3. The van der Waals surface area contributed by atoms with E-state index in [2.05, 4.69) is 27.9 Å². The summed E-state index contributed by atoms with van der Waals surface area (Å²) in [6.07, 6.45) is -0.499. The molecule has 0 radical (unpaired) electrons. The number of benzene rings is 2. The van der Waals surface area contributed by atoms with E-state index < -0.39 is 6.09 Å². The van der Waals surface area contributed by atoms with Gasteiger partial charge in [0.1, 0.15) is 6.61 Å². The molecule has 0 aliphatic heterocycles. The maximum atomic E-state index is 11.6. The second kappa shape index (κ2) is 6.77. The van der Waals surface area contributed by atoms with Gasteiger partial charge < -0.3 is 4.74 Å². The topological polar surface area (TPSA) is 38.3 Å². The highest BCUT2D eigenvalue weighted by Gasteiger charge is 2.05. The van der Waals surface area contributed by atoms with Gasteiger partial charge in [-0.1, -0.05) is 41.9 Å². The molecule has 0 atom stereocenters. The van der Waals surface area contributed by atoms with Crippen LogP contribution in [0, 0.1) is 3.57 Å². The molecule has 0 saturated heterocycles. The number of amides is 1. The summed E-state index contributed by atoms with van der Waals surface area (Å²) in [6.45, 7) is 0.241. The largest absolute Gasteiger partial charge is 0.444 e. The molecule has 0 saturated carbocycles. The normalized spacial score (nSPS) is 10.0. The molecule has 2 aromatic rings.